The standard InChI is InChI=1S/C15H22N2O2.ClH/c1-16-10-12-6-5-9-17(11-12)15(18)13-7-3-4-8-14(13)19-2;/h3-4,7-8,12,16H,5-6,9-11H2,1-2H3;1H. The summed E-state index contributed by atoms with van der Waals surface area (Å²) in [5.41, 5.74) is 0.662. The van der Waals surface area contributed by atoms with Crippen LogP contribution in [0.2, 0.25) is 0 Å². The summed E-state index contributed by atoms with van der Waals surface area (Å²) in [6.07, 6.45) is 2.27. The zero-order valence-corrected chi connectivity index (χ0v) is 12.9. The second kappa shape index (κ2) is 8.12. The molecule has 5 heteroatoms. The van der Waals surface area contributed by atoms with Gasteiger partial charge in [0.15, 0.2) is 0 Å². The summed E-state index contributed by atoms with van der Waals surface area (Å²) in [7, 11) is 3.56. The van der Waals surface area contributed by atoms with Crippen LogP contribution in [0.4, 0.5) is 0 Å². The van der Waals surface area contributed by atoms with Gasteiger partial charge < -0.3 is 15.0 Å². The number of para-hydroxylation sites is 1. The highest BCUT2D eigenvalue weighted by Crippen LogP contribution is 2.23. The molecule has 0 aromatic heterocycles. The number of carbonyl (C=O) groups excluding carboxylic acids is 1. The smallest absolute Gasteiger partial charge is 0.257 e. The van der Waals surface area contributed by atoms with E-state index < -0.39 is 0 Å². The number of nitrogens with one attached hydrogen (secondary N) is 1. The van der Waals surface area contributed by atoms with E-state index in [0.717, 1.165) is 26.1 Å². The Morgan fingerprint density at radius 1 is 1.45 bits per heavy atom. The minimum atomic E-state index is 0. The van der Waals surface area contributed by atoms with Crippen molar-refractivity contribution in [2.45, 2.75) is 12.8 Å². The van der Waals surface area contributed by atoms with E-state index >= 15 is 0 Å². The predicted molar refractivity (Wildman–Crippen MR) is 82.8 cm³/mol. The molecule has 1 amide bonds. The number of carbonyl (C=O) groups is 1. The van der Waals surface area contributed by atoms with E-state index in [1.165, 1.54) is 6.42 Å². The zero-order chi connectivity index (χ0) is 13.7. The maximum absolute atomic E-state index is 12.6. The minimum absolute atomic E-state index is 0. The number of benzene rings is 1. The Bertz CT molecular complexity index is 438. The Balaban J connectivity index is 0.00000200. The van der Waals surface area contributed by atoms with E-state index in [0.29, 0.717) is 17.2 Å². The van der Waals surface area contributed by atoms with Crippen LogP contribution < -0.4 is 10.1 Å². The maximum atomic E-state index is 12.6. The minimum Gasteiger partial charge on any atom is -0.496 e. The van der Waals surface area contributed by atoms with Crippen LogP contribution in [0.1, 0.15) is 23.2 Å². The summed E-state index contributed by atoms with van der Waals surface area (Å²) in [6.45, 7) is 2.64. The summed E-state index contributed by atoms with van der Waals surface area (Å²) >= 11 is 0. The first-order valence-electron chi connectivity index (χ1n) is 6.83. The van der Waals surface area contributed by atoms with Crippen LogP contribution in [0, 0.1) is 5.92 Å². The van der Waals surface area contributed by atoms with Crippen molar-refractivity contribution in [3.05, 3.63) is 29.8 Å². The molecule has 1 aromatic rings. The molecule has 1 saturated heterocycles. The maximum Gasteiger partial charge on any atom is 0.257 e. The van der Waals surface area contributed by atoms with Crippen LogP contribution in [0.5, 0.6) is 5.75 Å². The molecule has 4 nitrogen and oxygen atoms in total. The fourth-order valence-electron chi connectivity index (χ4n) is 2.70. The summed E-state index contributed by atoms with van der Waals surface area (Å²) in [5, 5.41) is 3.20. The largest absolute Gasteiger partial charge is 0.496 e. The van der Waals surface area contributed by atoms with Gasteiger partial charge in [-0.1, -0.05) is 12.1 Å². The van der Waals surface area contributed by atoms with E-state index in [4.69, 9.17) is 4.74 Å². The number of piperidine rings is 1. The lowest BCUT2D eigenvalue weighted by molar-refractivity contribution is 0.0671. The van der Waals surface area contributed by atoms with Gasteiger partial charge in [0.25, 0.3) is 5.91 Å². The zero-order valence-electron chi connectivity index (χ0n) is 12.1. The summed E-state index contributed by atoms with van der Waals surface area (Å²) in [5.74, 6) is 1.29. The van der Waals surface area contributed by atoms with Crippen molar-refractivity contribution in [2.24, 2.45) is 5.92 Å². The molecule has 0 aliphatic carbocycles. The van der Waals surface area contributed by atoms with Crippen molar-refractivity contribution in [2.75, 3.05) is 33.8 Å². The van der Waals surface area contributed by atoms with Gasteiger partial charge in [0.05, 0.1) is 12.7 Å². The number of likely N-dealkylation sites (tertiary alicyclic amines) is 1. The van der Waals surface area contributed by atoms with Crippen molar-refractivity contribution in [1.29, 1.82) is 0 Å². The lowest BCUT2D eigenvalue weighted by atomic mass is 9.97. The average Bonchev–Trinajstić information content (AvgIpc) is 2.47. The molecule has 112 valence electrons. The summed E-state index contributed by atoms with van der Waals surface area (Å²) in [4.78, 5) is 14.5. The molecule has 1 aliphatic heterocycles. The molecule has 0 saturated carbocycles. The van der Waals surface area contributed by atoms with Crippen molar-refractivity contribution < 1.29 is 9.53 Å². The van der Waals surface area contributed by atoms with E-state index in [9.17, 15) is 4.79 Å². The first kappa shape index (κ1) is 16.8. The molecule has 1 atom stereocenters. The quantitative estimate of drug-likeness (QED) is 0.926. The van der Waals surface area contributed by atoms with Gasteiger partial charge in [-0.3, -0.25) is 4.79 Å². The van der Waals surface area contributed by atoms with Gasteiger partial charge in [0.2, 0.25) is 0 Å². The fraction of sp³-hybridized carbons (Fsp3) is 0.533. The van der Waals surface area contributed by atoms with Crippen LogP contribution in [0.15, 0.2) is 24.3 Å². The lowest BCUT2D eigenvalue weighted by Crippen LogP contribution is -2.42. The SMILES string of the molecule is CNCC1CCCN(C(=O)c2ccccc2OC)C1.Cl. The number of hydrogen-bond donors (Lipinski definition) is 1. The van der Waals surface area contributed by atoms with Crippen LogP contribution in [0.25, 0.3) is 0 Å². The van der Waals surface area contributed by atoms with Crippen molar-refractivity contribution in [1.82, 2.24) is 10.2 Å². The van der Waals surface area contributed by atoms with E-state index in [-0.39, 0.29) is 18.3 Å². The fourth-order valence-corrected chi connectivity index (χ4v) is 2.70. The Morgan fingerprint density at radius 2 is 2.20 bits per heavy atom. The van der Waals surface area contributed by atoms with Crippen LogP contribution >= 0.6 is 12.4 Å². The molecule has 1 unspecified atom stereocenters. The number of rotatable bonds is 4. The normalized spacial score (nSPS) is 18.3. The number of nitrogens with zero attached hydrogens (tertiary/aromatic N) is 1. The molecule has 1 aliphatic rings. The molecule has 1 N–H and O–H groups in total. The van der Waals surface area contributed by atoms with Crippen LogP contribution in [-0.2, 0) is 0 Å². The molecule has 1 fully saturated rings. The number of amides is 1. The first-order chi connectivity index (χ1) is 9.26. The average molecular weight is 299 g/mol. The molecule has 0 bridgehead atoms. The van der Waals surface area contributed by atoms with E-state index in [2.05, 4.69) is 5.32 Å². The molecule has 0 radical (unpaired) electrons. The van der Waals surface area contributed by atoms with Gasteiger partial charge in [0.1, 0.15) is 5.75 Å². The third-order valence-corrected chi connectivity index (χ3v) is 3.64. The second-order valence-corrected chi connectivity index (χ2v) is 5.02. The highest BCUT2D eigenvalue weighted by atomic mass is 35.5. The Hall–Kier alpha value is -1.26. The van der Waals surface area contributed by atoms with Crippen LogP contribution in [0.3, 0.4) is 0 Å². The molecule has 20 heavy (non-hydrogen) atoms. The Kier molecular flexibility index (Phi) is 6.82. The molecule has 1 aromatic carbocycles. The summed E-state index contributed by atoms with van der Waals surface area (Å²) < 4.78 is 5.27. The Morgan fingerprint density at radius 3 is 2.90 bits per heavy atom. The van der Waals surface area contributed by atoms with Crippen LogP contribution in [-0.4, -0.2) is 44.6 Å². The summed E-state index contributed by atoms with van der Waals surface area (Å²) in [6, 6.07) is 7.44. The monoisotopic (exact) mass is 298 g/mol. The number of halogens is 1. The van der Waals surface area contributed by atoms with Crippen molar-refractivity contribution in [3.63, 3.8) is 0 Å². The molecule has 1 heterocycles. The third-order valence-electron chi connectivity index (χ3n) is 3.64. The van der Waals surface area contributed by atoms with Gasteiger partial charge in [-0.05, 0) is 44.5 Å². The van der Waals surface area contributed by atoms with Gasteiger partial charge in [-0.2, -0.15) is 0 Å². The highest BCUT2D eigenvalue weighted by molar-refractivity contribution is 5.97. The predicted octanol–water partition coefficient (Wildman–Crippen LogP) is 2.19. The van der Waals surface area contributed by atoms with Gasteiger partial charge in [-0.15, -0.1) is 12.4 Å². The van der Waals surface area contributed by atoms with Gasteiger partial charge in [-0.25, -0.2) is 0 Å². The lowest BCUT2D eigenvalue weighted by Gasteiger charge is -2.33. The number of methoxy groups -OCH3 is 1. The molecule has 0 spiro atoms. The highest BCUT2D eigenvalue weighted by Gasteiger charge is 2.25. The Labute approximate surface area is 126 Å². The molecular weight excluding hydrogens is 276 g/mol. The topological polar surface area (TPSA) is 41.6 Å². The molecular formula is C15H23ClN2O2. The van der Waals surface area contributed by atoms with Gasteiger partial charge >= 0.3 is 0 Å². The second-order valence-electron chi connectivity index (χ2n) is 5.02. The molecule has 2 rings (SSSR count). The number of hydrogen-bond acceptors (Lipinski definition) is 3. The van der Waals surface area contributed by atoms with Gasteiger partial charge in [0, 0.05) is 13.1 Å². The third kappa shape index (κ3) is 3.87. The van der Waals surface area contributed by atoms with Crippen molar-refractivity contribution >= 4 is 18.3 Å². The van der Waals surface area contributed by atoms with E-state index in [1.54, 1.807) is 7.11 Å². The first-order valence-corrected chi connectivity index (χ1v) is 6.83. The van der Waals surface area contributed by atoms with E-state index in [1.807, 2.05) is 36.2 Å². The van der Waals surface area contributed by atoms with Crippen molar-refractivity contribution in [3.8, 4) is 5.75 Å². The number of ether oxygens (including phenoxy) is 1.